The Morgan fingerprint density at radius 3 is 2.04 bits per heavy atom. The predicted molar refractivity (Wildman–Crippen MR) is 209 cm³/mol. The first-order valence-corrected chi connectivity index (χ1v) is 17.8. The van der Waals surface area contributed by atoms with Crippen LogP contribution in [0, 0.1) is 0 Å². The van der Waals surface area contributed by atoms with Gasteiger partial charge in [0.1, 0.15) is 24.0 Å². The van der Waals surface area contributed by atoms with Crippen LogP contribution < -0.4 is 14.5 Å². The van der Waals surface area contributed by atoms with Gasteiger partial charge in [-0.3, -0.25) is 4.57 Å². The molecule has 0 N–H and O–H groups in total. The van der Waals surface area contributed by atoms with Gasteiger partial charge in [0.15, 0.2) is 0 Å². The van der Waals surface area contributed by atoms with Crippen molar-refractivity contribution < 1.29 is 4.74 Å². The van der Waals surface area contributed by atoms with Crippen LogP contribution in [0.25, 0.3) is 27.6 Å². The Hall–Kier alpha value is -5.55. The summed E-state index contributed by atoms with van der Waals surface area (Å²) >= 11 is 0. The molecule has 5 heteroatoms. The maximum atomic E-state index is 6.65. The lowest BCUT2D eigenvalue weighted by molar-refractivity contribution is 0.483. The number of benzene rings is 5. The number of ether oxygens (including phenoxy) is 1. The van der Waals surface area contributed by atoms with Gasteiger partial charge in [-0.1, -0.05) is 83.1 Å². The lowest BCUT2D eigenvalue weighted by Crippen LogP contribution is -2.24. The monoisotopic (exact) mass is 656 g/mol. The maximum absolute atomic E-state index is 6.65. The van der Waals surface area contributed by atoms with Gasteiger partial charge in [-0.25, -0.2) is 4.98 Å². The molecule has 0 fully saturated rings. The van der Waals surface area contributed by atoms with E-state index >= 15 is 0 Å². The number of nitrogens with zero attached hydrogens (tertiary/aromatic N) is 4. The molecule has 0 bridgehead atoms. The fourth-order valence-corrected chi connectivity index (χ4v) is 7.48. The van der Waals surface area contributed by atoms with E-state index in [9.17, 15) is 0 Å². The second kappa shape index (κ2) is 12.7. The lowest BCUT2D eigenvalue weighted by Gasteiger charge is -2.25. The molecule has 0 saturated carbocycles. The van der Waals surface area contributed by atoms with Gasteiger partial charge < -0.3 is 14.5 Å². The number of fused-ring (bicyclic) bond motifs is 4. The Labute approximate surface area is 295 Å². The van der Waals surface area contributed by atoms with Crippen LogP contribution in [0.5, 0.6) is 11.5 Å². The van der Waals surface area contributed by atoms with Crippen molar-refractivity contribution in [1.82, 2.24) is 9.55 Å². The molecule has 0 aliphatic carbocycles. The molecule has 50 heavy (non-hydrogen) atoms. The predicted octanol–water partition coefficient (Wildman–Crippen LogP) is 12.4. The Morgan fingerprint density at radius 1 is 0.640 bits per heavy atom. The highest BCUT2D eigenvalue weighted by Crippen LogP contribution is 2.45. The van der Waals surface area contributed by atoms with E-state index in [1.807, 2.05) is 12.3 Å². The molecule has 0 saturated heterocycles. The zero-order valence-electron chi connectivity index (χ0n) is 29.6. The molecular formula is C45H44N4O. The quantitative estimate of drug-likeness (QED) is 0.163. The molecule has 7 aromatic rings. The fraction of sp³-hybridized carbons (Fsp3) is 0.222. The molecule has 1 aliphatic rings. The van der Waals surface area contributed by atoms with Crippen LogP contribution in [-0.4, -0.2) is 16.2 Å². The number of aromatic nitrogens is 2. The van der Waals surface area contributed by atoms with Crippen molar-refractivity contribution in [3.63, 3.8) is 0 Å². The van der Waals surface area contributed by atoms with Crippen molar-refractivity contribution in [2.24, 2.45) is 0 Å². The first-order valence-electron chi connectivity index (χ1n) is 17.8. The van der Waals surface area contributed by atoms with Gasteiger partial charge in [0.25, 0.3) is 0 Å². The summed E-state index contributed by atoms with van der Waals surface area (Å²) in [7, 11) is 0. The molecule has 8 rings (SSSR count). The van der Waals surface area contributed by atoms with Gasteiger partial charge >= 0.3 is 0 Å². The van der Waals surface area contributed by atoms with Crippen LogP contribution in [-0.2, 0) is 5.41 Å². The Morgan fingerprint density at radius 2 is 1.30 bits per heavy atom. The SMILES string of the molecule is CCC(CC)c1ccnc(-n2c3ccccc3c3ccc(Oc4cccc(N5CN(c6cccc(C(C)(C)C)c6)c6ccccc65)c4)cc32)c1. The van der Waals surface area contributed by atoms with Gasteiger partial charge in [0, 0.05) is 40.5 Å². The zero-order chi connectivity index (χ0) is 34.4. The van der Waals surface area contributed by atoms with Crippen molar-refractivity contribution in [2.45, 2.75) is 58.8 Å². The molecule has 3 heterocycles. The van der Waals surface area contributed by atoms with Gasteiger partial charge in [0.05, 0.1) is 22.4 Å². The third kappa shape index (κ3) is 5.67. The Balaban J connectivity index is 1.14. The summed E-state index contributed by atoms with van der Waals surface area (Å²) in [6.45, 7) is 12.0. The number of anilines is 4. The van der Waals surface area contributed by atoms with Crippen molar-refractivity contribution in [3.05, 3.63) is 145 Å². The Kier molecular flexibility index (Phi) is 8.07. The van der Waals surface area contributed by atoms with E-state index in [0.717, 1.165) is 46.9 Å². The molecule has 2 aromatic heterocycles. The molecule has 0 radical (unpaired) electrons. The minimum absolute atomic E-state index is 0.0751. The average Bonchev–Trinajstić information content (AvgIpc) is 3.68. The highest BCUT2D eigenvalue weighted by Gasteiger charge is 2.29. The van der Waals surface area contributed by atoms with Crippen molar-refractivity contribution >= 4 is 44.6 Å². The van der Waals surface area contributed by atoms with E-state index < -0.39 is 0 Å². The van der Waals surface area contributed by atoms with Crippen LogP contribution in [0.3, 0.4) is 0 Å². The highest BCUT2D eigenvalue weighted by atomic mass is 16.5. The van der Waals surface area contributed by atoms with Gasteiger partial charge in [-0.05, 0) is 102 Å². The van der Waals surface area contributed by atoms with Crippen LogP contribution in [0.15, 0.2) is 134 Å². The van der Waals surface area contributed by atoms with Crippen molar-refractivity contribution in [3.8, 4) is 17.3 Å². The first-order chi connectivity index (χ1) is 24.3. The summed E-state index contributed by atoms with van der Waals surface area (Å²) in [6.07, 6.45) is 4.17. The summed E-state index contributed by atoms with van der Waals surface area (Å²) in [5.41, 5.74) is 9.62. The number of hydrogen-bond acceptors (Lipinski definition) is 4. The minimum Gasteiger partial charge on any atom is -0.457 e. The number of hydrogen-bond donors (Lipinski definition) is 0. The van der Waals surface area contributed by atoms with Gasteiger partial charge in [0.2, 0.25) is 0 Å². The molecule has 250 valence electrons. The average molecular weight is 657 g/mol. The minimum atomic E-state index is 0.0751. The smallest absolute Gasteiger partial charge is 0.137 e. The molecule has 5 aromatic carbocycles. The highest BCUT2D eigenvalue weighted by molar-refractivity contribution is 6.09. The summed E-state index contributed by atoms with van der Waals surface area (Å²) in [5, 5.41) is 2.39. The normalized spacial score (nSPS) is 13.1. The number of pyridine rings is 1. The topological polar surface area (TPSA) is 33.5 Å². The maximum Gasteiger partial charge on any atom is 0.137 e. The summed E-state index contributed by atoms with van der Waals surface area (Å²) < 4.78 is 8.93. The summed E-state index contributed by atoms with van der Waals surface area (Å²) in [4.78, 5) is 9.64. The molecule has 1 aliphatic heterocycles. The third-order valence-corrected chi connectivity index (χ3v) is 10.2. The first kappa shape index (κ1) is 31.7. The van der Waals surface area contributed by atoms with Crippen molar-refractivity contribution in [1.29, 1.82) is 0 Å². The zero-order valence-corrected chi connectivity index (χ0v) is 29.6. The second-order valence-corrected chi connectivity index (χ2v) is 14.4. The number of para-hydroxylation sites is 3. The molecule has 0 spiro atoms. The molecular weight excluding hydrogens is 613 g/mol. The summed E-state index contributed by atoms with van der Waals surface area (Å²) in [6, 6.07) is 45.4. The van der Waals surface area contributed by atoms with Crippen molar-refractivity contribution in [2.75, 3.05) is 16.5 Å². The summed E-state index contributed by atoms with van der Waals surface area (Å²) in [5.74, 6) is 3.03. The molecule has 0 atom stereocenters. The largest absolute Gasteiger partial charge is 0.457 e. The van der Waals surface area contributed by atoms with Crippen LogP contribution >= 0.6 is 0 Å². The van der Waals surface area contributed by atoms with E-state index in [0.29, 0.717) is 12.6 Å². The fourth-order valence-electron chi connectivity index (χ4n) is 7.48. The lowest BCUT2D eigenvalue weighted by atomic mass is 9.87. The van der Waals surface area contributed by atoms with E-state index in [4.69, 9.17) is 9.72 Å². The van der Waals surface area contributed by atoms with Crippen LogP contribution in [0.1, 0.15) is 64.5 Å². The van der Waals surface area contributed by atoms with Crippen LogP contribution in [0.2, 0.25) is 0 Å². The van der Waals surface area contributed by atoms with Gasteiger partial charge in [-0.2, -0.15) is 0 Å². The van der Waals surface area contributed by atoms with Gasteiger partial charge in [-0.15, -0.1) is 0 Å². The standard InChI is InChI=1S/C45H44N4O/c1-6-31(7-2)32-24-25-46-44(26-32)49-40-19-9-8-18-38(40)39-23-22-37(29-43(39)49)50-36-17-13-16-35(28-36)48-30-47(41-20-10-11-21-42(41)48)34-15-12-14-33(27-34)45(3,4)5/h8-29,31H,6-7,30H2,1-5H3. The third-order valence-electron chi connectivity index (χ3n) is 10.2. The van der Waals surface area contributed by atoms with E-state index in [1.165, 1.54) is 39.0 Å². The molecule has 0 unspecified atom stereocenters. The van der Waals surface area contributed by atoms with E-state index in [-0.39, 0.29) is 5.41 Å². The van der Waals surface area contributed by atoms with Crippen LogP contribution in [0.4, 0.5) is 22.7 Å². The second-order valence-electron chi connectivity index (χ2n) is 14.4. The number of rotatable bonds is 8. The molecule has 5 nitrogen and oxygen atoms in total. The molecule has 0 amide bonds. The Bertz CT molecular complexity index is 2330. The van der Waals surface area contributed by atoms with E-state index in [1.54, 1.807) is 0 Å². The van der Waals surface area contributed by atoms with E-state index in [2.05, 4.69) is 170 Å².